The van der Waals surface area contributed by atoms with Gasteiger partial charge in [0.1, 0.15) is 5.82 Å². The van der Waals surface area contributed by atoms with Crippen LogP contribution in [0, 0.1) is 5.82 Å². The summed E-state index contributed by atoms with van der Waals surface area (Å²) < 4.78 is 25.5. The standard InChI is InChI=1S/C17H27FO4/c1-4-6-21-16-9-14(12(3)8-13(20)11-19)15(18)10-17(16)22-7-5-2/h9-10,12-13,19-20H,4-8,11H2,1-3H3. The summed E-state index contributed by atoms with van der Waals surface area (Å²) in [4.78, 5) is 0. The maximum Gasteiger partial charge on any atom is 0.164 e. The number of aliphatic hydroxyl groups excluding tert-OH is 2. The Morgan fingerprint density at radius 2 is 1.64 bits per heavy atom. The van der Waals surface area contributed by atoms with Gasteiger partial charge in [-0.1, -0.05) is 20.8 Å². The van der Waals surface area contributed by atoms with Crippen LogP contribution in [0.2, 0.25) is 0 Å². The van der Waals surface area contributed by atoms with Crippen molar-refractivity contribution in [3.05, 3.63) is 23.5 Å². The Balaban J connectivity index is 3.02. The molecular formula is C17H27FO4. The lowest BCUT2D eigenvalue weighted by molar-refractivity contribution is 0.0832. The third-order valence-electron chi connectivity index (χ3n) is 3.35. The van der Waals surface area contributed by atoms with Gasteiger partial charge < -0.3 is 19.7 Å². The number of ether oxygens (including phenoxy) is 2. The van der Waals surface area contributed by atoms with Gasteiger partial charge in [-0.25, -0.2) is 4.39 Å². The summed E-state index contributed by atoms with van der Waals surface area (Å²) in [7, 11) is 0. The van der Waals surface area contributed by atoms with Gasteiger partial charge in [0, 0.05) is 6.07 Å². The molecule has 22 heavy (non-hydrogen) atoms. The van der Waals surface area contributed by atoms with Crippen molar-refractivity contribution in [1.29, 1.82) is 0 Å². The molecule has 0 fully saturated rings. The lowest BCUT2D eigenvalue weighted by atomic mass is 9.94. The van der Waals surface area contributed by atoms with Crippen LogP contribution in [0.1, 0.15) is 51.5 Å². The maximum atomic E-state index is 14.3. The molecule has 0 bridgehead atoms. The van der Waals surface area contributed by atoms with Gasteiger partial charge in [-0.3, -0.25) is 0 Å². The highest BCUT2D eigenvalue weighted by Gasteiger charge is 2.19. The molecule has 0 amide bonds. The van der Waals surface area contributed by atoms with Gasteiger partial charge in [0.25, 0.3) is 0 Å². The van der Waals surface area contributed by atoms with E-state index in [4.69, 9.17) is 14.6 Å². The highest BCUT2D eigenvalue weighted by molar-refractivity contribution is 5.45. The summed E-state index contributed by atoms with van der Waals surface area (Å²) >= 11 is 0. The van der Waals surface area contributed by atoms with Gasteiger partial charge in [-0.2, -0.15) is 0 Å². The molecular weight excluding hydrogens is 287 g/mol. The zero-order valence-corrected chi connectivity index (χ0v) is 13.6. The van der Waals surface area contributed by atoms with Crippen molar-refractivity contribution >= 4 is 0 Å². The van der Waals surface area contributed by atoms with E-state index >= 15 is 0 Å². The van der Waals surface area contributed by atoms with E-state index in [0.29, 0.717) is 30.3 Å². The van der Waals surface area contributed by atoms with E-state index in [1.807, 2.05) is 20.8 Å². The van der Waals surface area contributed by atoms with Crippen molar-refractivity contribution in [1.82, 2.24) is 0 Å². The van der Waals surface area contributed by atoms with E-state index in [0.717, 1.165) is 12.8 Å². The van der Waals surface area contributed by atoms with Crippen molar-refractivity contribution in [3.63, 3.8) is 0 Å². The molecule has 1 aromatic carbocycles. The van der Waals surface area contributed by atoms with Crippen molar-refractivity contribution in [2.45, 2.75) is 52.1 Å². The van der Waals surface area contributed by atoms with Crippen LogP contribution in [-0.2, 0) is 0 Å². The lowest BCUT2D eigenvalue weighted by Gasteiger charge is -2.19. The number of halogens is 1. The van der Waals surface area contributed by atoms with Crippen LogP contribution in [-0.4, -0.2) is 36.1 Å². The molecule has 2 unspecified atom stereocenters. The predicted octanol–water partition coefficient (Wildman–Crippen LogP) is 3.25. The summed E-state index contributed by atoms with van der Waals surface area (Å²) in [6.07, 6.45) is 1.11. The van der Waals surface area contributed by atoms with Crippen LogP contribution in [0.15, 0.2) is 12.1 Å². The van der Waals surface area contributed by atoms with E-state index in [-0.39, 0.29) is 24.8 Å². The first-order chi connectivity index (χ1) is 10.5. The first-order valence-electron chi connectivity index (χ1n) is 7.91. The molecule has 0 spiro atoms. The fraction of sp³-hybridized carbons (Fsp3) is 0.647. The molecule has 126 valence electrons. The van der Waals surface area contributed by atoms with Crippen molar-refractivity contribution in [3.8, 4) is 11.5 Å². The second-order valence-electron chi connectivity index (χ2n) is 5.49. The predicted molar refractivity (Wildman–Crippen MR) is 84.1 cm³/mol. The van der Waals surface area contributed by atoms with E-state index in [2.05, 4.69) is 0 Å². The Morgan fingerprint density at radius 1 is 1.09 bits per heavy atom. The number of aliphatic hydroxyl groups is 2. The highest BCUT2D eigenvalue weighted by Crippen LogP contribution is 2.35. The molecule has 0 saturated carbocycles. The molecule has 2 atom stereocenters. The summed E-state index contributed by atoms with van der Waals surface area (Å²) in [5.74, 6) is 0.322. The average molecular weight is 314 g/mol. The number of hydrogen-bond acceptors (Lipinski definition) is 4. The molecule has 0 aliphatic heterocycles. The first-order valence-corrected chi connectivity index (χ1v) is 7.91. The molecule has 5 heteroatoms. The average Bonchev–Trinajstić information content (AvgIpc) is 2.51. The summed E-state index contributed by atoms with van der Waals surface area (Å²) in [6.45, 7) is 6.49. The Kier molecular flexibility index (Phi) is 8.20. The molecule has 0 heterocycles. The summed E-state index contributed by atoms with van der Waals surface area (Å²) in [5, 5.41) is 18.5. The number of hydrogen-bond donors (Lipinski definition) is 2. The third kappa shape index (κ3) is 5.46. The molecule has 2 N–H and O–H groups in total. The molecule has 0 radical (unpaired) electrons. The Bertz CT molecular complexity index is 451. The monoisotopic (exact) mass is 314 g/mol. The van der Waals surface area contributed by atoms with Crippen molar-refractivity contribution < 1.29 is 24.1 Å². The fourth-order valence-corrected chi connectivity index (χ4v) is 2.19. The minimum atomic E-state index is -0.856. The molecule has 0 aliphatic carbocycles. The SMILES string of the molecule is CCCOc1cc(F)c(C(C)CC(O)CO)cc1OCCC. The Hall–Kier alpha value is -1.33. The smallest absolute Gasteiger partial charge is 0.164 e. The molecule has 1 aromatic rings. The quantitative estimate of drug-likeness (QED) is 0.696. The molecule has 1 rings (SSSR count). The Labute approximate surface area is 131 Å². The van der Waals surface area contributed by atoms with Crippen LogP contribution >= 0.6 is 0 Å². The molecule has 0 saturated heterocycles. The molecule has 0 aromatic heterocycles. The van der Waals surface area contributed by atoms with E-state index in [1.165, 1.54) is 6.07 Å². The third-order valence-corrected chi connectivity index (χ3v) is 3.35. The highest BCUT2D eigenvalue weighted by atomic mass is 19.1. The molecule has 4 nitrogen and oxygen atoms in total. The zero-order valence-electron chi connectivity index (χ0n) is 13.6. The number of benzene rings is 1. The Morgan fingerprint density at radius 3 is 2.14 bits per heavy atom. The van der Waals surface area contributed by atoms with Gasteiger partial charge in [-0.15, -0.1) is 0 Å². The number of rotatable bonds is 10. The van der Waals surface area contributed by atoms with Crippen molar-refractivity contribution in [2.75, 3.05) is 19.8 Å². The minimum Gasteiger partial charge on any atom is -0.490 e. The normalized spacial score (nSPS) is 13.7. The fourth-order valence-electron chi connectivity index (χ4n) is 2.19. The zero-order chi connectivity index (χ0) is 16.5. The summed E-state index contributed by atoms with van der Waals surface area (Å²) in [5.41, 5.74) is 0.461. The maximum absolute atomic E-state index is 14.3. The van der Waals surface area contributed by atoms with Crippen LogP contribution in [0.4, 0.5) is 4.39 Å². The van der Waals surface area contributed by atoms with Crippen LogP contribution in [0.5, 0.6) is 11.5 Å². The van der Waals surface area contributed by atoms with Gasteiger partial charge >= 0.3 is 0 Å². The molecule has 0 aliphatic rings. The van der Waals surface area contributed by atoms with Crippen LogP contribution in [0.3, 0.4) is 0 Å². The van der Waals surface area contributed by atoms with Gasteiger partial charge in [-0.05, 0) is 36.8 Å². The first kappa shape index (κ1) is 18.7. The van der Waals surface area contributed by atoms with E-state index in [9.17, 15) is 9.50 Å². The van der Waals surface area contributed by atoms with Gasteiger partial charge in [0.15, 0.2) is 11.5 Å². The van der Waals surface area contributed by atoms with Gasteiger partial charge in [0.05, 0.1) is 25.9 Å². The van der Waals surface area contributed by atoms with Gasteiger partial charge in [0.2, 0.25) is 0 Å². The van der Waals surface area contributed by atoms with Crippen LogP contribution < -0.4 is 9.47 Å². The van der Waals surface area contributed by atoms with E-state index < -0.39 is 6.10 Å². The lowest BCUT2D eigenvalue weighted by Crippen LogP contribution is -2.16. The van der Waals surface area contributed by atoms with Crippen LogP contribution in [0.25, 0.3) is 0 Å². The second kappa shape index (κ2) is 9.64. The topological polar surface area (TPSA) is 58.9 Å². The largest absolute Gasteiger partial charge is 0.490 e. The summed E-state index contributed by atoms with van der Waals surface area (Å²) in [6, 6.07) is 2.99. The van der Waals surface area contributed by atoms with E-state index in [1.54, 1.807) is 6.07 Å². The van der Waals surface area contributed by atoms with Crippen molar-refractivity contribution in [2.24, 2.45) is 0 Å². The second-order valence-corrected chi connectivity index (χ2v) is 5.49. The minimum absolute atomic E-state index is 0.230.